The van der Waals surface area contributed by atoms with Crippen molar-refractivity contribution in [3.8, 4) is 0 Å². The van der Waals surface area contributed by atoms with Gasteiger partial charge in [-0.25, -0.2) is 4.68 Å². The van der Waals surface area contributed by atoms with Gasteiger partial charge in [0.2, 0.25) is 0 Å². The fourth-order valence-electron chi connectivity index (χ4n) is 3.14. The van der Waals surface area contributed by atoms with Crippen molar-refractivity contribution >= 4 is 10.9 Å². The average Bonchev–Trinajstić information content (AvgIpc) is 3.21. The van der Waals surface area contributed by atoms with E-state index in [1.807, 2.05) is 0 Å². The number of halogens is 3. The van der Waals surface area contributed by atoms with Gasteiger partial charge in [-0.15, -0.1) is 5.10 Å². The standard InChI is InChI=1S/C15H16F3N7O/c16-15(17,18)14-11-7-19-4-1-12(11)24(21-14)9-13-20-22-23-25(13)8-10-2-5-26-6-3-10/h1,4,7,10H,2-3,5-6,8-9H2. The van der Waals surface area contributed by atoms with E-state index in [1.54, 1.807) is 4.68 Å². The molecule has 0 aliphatic carbocycles. The molecule has 4 rings (SSSR count). The Morgan fingerprint density at radius 1 is 1.19 bits per heavy atom. The summed E-state index contributed by atoms with van der Waals surface area (Å²) in [5.74, 6) is 0.849. The lowest BCUT2D eigenvalue weighted by Gasteiger charge is -2.21. The summed E-state index contributed by atoms with van der Waals surface area (Å²) in [6.45, 7) is 2.06. The fraction of sp³-hybridized carbons (Fsp3) is 0.533. The number of tetrazole rings is 1. The summed E-state index contributed by atoms with van der Waals surface area (Å²) in [5.41, 5.74) is -0.614. The van der Waals surface area contributed by atoms with Crippen LogP contribution in [-0.2, 0) is 24.0 Å². The summed E-state index contributed by atoms with van der Waals surface area (Å²) in [6, 6.07) is 1.50. The van der Waals surface area contributed by atoms with Crippen molar-refractivity contribution in [2.45, 2.75) is 32.1 Å². The molecule has 1 fully saturated rings. The van der Waals surface area contributed by atoms with E-state index in [0.29, 0.717) is 37.0 Å². The molecule has 0 spiro atoms. The van der Waals surface area contributed by atoms with Gasteiger partial charge in [-0.05, 0) is 35.3 Å². The lowest BCUT2D eigenvalue weighted by Crippen LogP contribution is -2.22. The molecule has 1 aliphatic heterocycles. The molecule has 0 amide bonds. The Labute approximate surface area is 146 Å². The van der Waals surface area contributed by atoms with E-state index in [0.717, 1.165) is 12.8 Å². The number of fused-ring (bicyclic) bond motifs is 1. The first-order chi connectivity index (χ1) is 12.5. The van der Waals surface area contributed by atoms with Gasteiger partial charge in [0.05, 0.1) is 10.9 Å². The molecule has 26 heavy (non-hydrogen) atoms. The highest BCUT2D eigenvalue weighted by Crippen LogP contribution is 2.33. The first-order valence-electron chi connectivity index (χ1n) is 8.23. The molecule has 3 aromatic heterocycles. The number of hydrogen-bond acceptors (Lipinski definition) is 6. The molecular formula is C15H16F3N7O. The number of alkyl halides is 3. The zero-order valence-electron chi connectivity index (χ0n) is 13.7. The van der Waals surface area contributed by atoms with Gasteiger partial charge in [-0.1, -0.05) is 0 Å². The highest BCUT2D eigenvalue weighted by molar-refractivity contribution is 5.81. The Hall–Kier alpha value is -2.56. The van der Waals surface area contributed by atoms with E-state index in [-0.39, 0.29) is 11.9 Å². The van der Waals surface area contributed by atoms with Crippen LogP contribution in [0.4, 0.5) is 13.2 Å². The van der Waals surface area contributed by atoms with Crippen LogP contribution in [0.5, 0.6) is 0 Å². The van der Waals surface area contributed by atoms with Crippen molar-refractivity contribution < 1.29 is 17.9 Å². The number of pyridine rings is 1. The summed E-state index contributed by atoms with van der Waals surface area (Å²) in [6.07, 6.45) is -0.124. The minimum atomic E-state index is -4.56. The average molecular weight is 367 g/mol. The van der Waals surface area contributed by atoms with Crippen molar-refractivity contribution in [3.05, 3.63) is 30.0 Å². The normalized spacial score (nSPS) is 16.4. The highest BCUT2D eigenvalue weighted by atomic mass is 19.4. The number of nitrogens with zero attached hydrogens (tertiary/aromatic N) is 7. The molecule has 0 radical (unpaired) electrons. The van der Waals surface area contributed by atoms with E-state index in [4.69, 9.17) is 4.74 Å². The van der Waals surface area contributed by atoms with Gasteiger partial charge in [0.25, 0.3) is 0 Å². The van der Waals surface area contributed by atoms with Crippen LogP contribution in [0.25, 0.3) is 10.9 Å². The van der Waals surface area contributed by atoms with Gasteiger partial charge in [-0.3, -0.25) is 9.67 Å². The first-order valence-corrected chi connectivity index (χ1v) is 8.23. The summed E-state index contributed by atoms with van der Waals surface area (Å²) < 4.78 is 48.0. The smallest absolute Gasteiger partial charge is 0.381 e. The molecule has 1 aliphatic rings. The molecule has 11 heteroatoms. The van der Waals surface area contributed by atoms with Crippen molar-refractivity contribution in [3.63, 3.8) is 0 Å². The minimum Gasteiger partial charge on any atom is -0.381 e. The summed E-state index contributed by atoms with van der Waals surface area (Å²) >= 11 is 0. The van der Waals surface area contributed by atoms with E-state index < -0.39 is 11.9 Å². The third kappa shape index (κ3) is 3.26. The zero-order chi connectivity index (χ0) is 18.1. The second-order valence-electron chi connectivity index (χ2n) is 6.23. The molecule has 1 saturated heterocycles. The Morgan fingerprint density at radius 2 is 2.00 bits per heavy atom. The van der Waals surface area contributed by atoms with Crippen molar-refractivity contribution in [1.82, 2.24) is 35.0 Å². The van der Waals surface area contributed by atoms with Gasteiger partial charge in [0.15, 0.2) is 11.5 Å². The highest BCUT2D eigenvalue weighted by Gasteiger charge is 2.37. The van der Waals surface area contributed by atoms with Gasteiger partial charge < -0.3 is 4.74 Å². The van der Waals surface area contributed by atoms with Gasteiger partial charge >= 0.3 is 6.18 Å². The second-order valence-corrected chi connectivity index (χ2v) is 6.23. The van der Waals surface area contributed by atoms with E-state index >= 15 is 0 Å². The molecular weight excluding hydrogens is 351 g/mol. The van der Waals surface area contributed by atoms with Crippen LogP contribution in [0.15, 0.2) is 18.5 Å². The molecule has 0 unspecified atom stereocenters. The zero-order valence-corrected chi connectivity index (χ0v) is 13.7. The maximum atomic E-state index is 13.2. The Bertz CT molecular complexity index is 898. The second kappa shape index (κ2) is 6.63. The molecule has 8 nitrogen and oxygen atoms in total. The van der Waals surface area contributed by atoms with Crippen LogP contribution in [0, 0.1) is 5.92 Å². The Kier molecular flexibility index (Phi) is 4.31. The minimum absolute atomic E-state index is 0.0385. The van der Waals surface area contributed by atoms with Crippen molar-refractivity contribution in [2.24, 2.45) is 5.92 Å². The SMILES string of the molecule is FC(F)(F)c1nn(Cc2nnnn2CC2CCOCC2)c2ccncc12. The van der Waals surface area contributed by atoms with Crippen LogP contribution < -0.4 is 0 Å². The van der Waals surface area contributed by atoms with Crippen molar-refractivity contribution in [1.29, 1.82) is 0 Å². The molecule has 0 bridgehead atoms. The van der Waals surface area contributed by atoms with E-state index in [9.17, 15) is 13.2 Å². The lowest BCUT2D eigenvalue weighted by molar-refractivity contribution is -0.140. The quantitative estimate of drug-likeness (QED) is 0.701. The molecule has 0 atom stereocenters. The van der Waals surface area contributed by atoms with Crippen LogP contribution in [-0.4, -0.2) is 48.2 Å². The summed E-state index contributed by atoms with van der Waals surface area (Å²) in [5, 5.41) is 15.3. The third-order valence-corrected chi connectivity index (χ3v) is 4.49. The largest absolute Gasteiger partial charge is 0.435 e. The molecule has 0 saturated carbocycles. The number of aromatic nitrogens is 7. The molecule has 4 heterocycles. The molecule has 138 valence electrons. The first kappa shape index (κ1) is 16.9. The Morgan fingerprint density at radius 3 is 2.77 bits per heavy atom. The summed E-state index contributed by atoms with van der Waals surface area (Å²) in [7, 11) is 0. The molecule has 3 aromatic rings. The number of ether oxygens (including phenoxy) is 1. The third-order valence-electron chi connectivity index (χ3n) is 4.49. The number of hydrogen-bond donors (Lipinski definition) is 0. The topological polar surface area (TPSA) is 83.5 Å². The van der Waals surface area contributed by atoms with Crippen LogP contribution >= 0.6 is 0 Å². The lowest BCUT2D eigenvalue weighted by atomic mass is 10.0. The van der Waals surface area contributed by atoms with Crippen LogP contribution in [0.2, 0.25) is 0 Å². The maximum absolute atomic E-state index is 13.2. The van der Waals surface area contributed by atoms with Crippen molar-refractivity contribution in [2.75, 3.05) is 13.2 Å². The number of rotatable bonds is 4. The van der Waals surface area contributed by atoms with Gasteiger partial charge in [-0.2, -0.15) is 18.3 Å². The fourth-order valence-corrected chi connectivity index (χ4v) is 3.14. The molecule has 0 aromatic carbocycles. The predicted molar refractivity (Wildman–Crippen MR) is 83.0 cm³/mol. The van der Waals surface area contributed by atoms with Gasteiger partial charge in [0.1, 0.15) is 6.54 Å². The predicted octanol–water partition coefficient (Wildman–Crippen LogP) is 1.91. The summed E-state index contributed by atoms with van der Waals surface area (Å²) in [4.78, 5) is 3.78. The van der Waals surface area contributed by atoms with E-state index in [2.05, 4.69) is 25.6 Å². The molecule has 0 N–H and O–H groups in total. The van der Waals surface area contributed by atoms with Crippen LogP contribution in [0.1, 0.15) is 24.4 Å². The Balaban J connectivity index is 1.63. The van der Waals surface area contributed by atoms with Crippen LogP contribution in [0.3, 0.4) is 0 Å². The van der Waals surface area contributed by atoms with E-state index in [1.165, 1.54) is 23.1 Å². The van der Waals surface area contributed by atoms with Gasteiger partial charge in [0, 0.05) is 32.2 Å². The monoisotopic (exact) mass is 367 g/mol. The maximum Gasteiger partial charge on any atom is 0.435 e.